The molecule has 2 aromatic carbocycles. The molecule has 0 radical (unpaired) electrons. The average Bonchev–Trinajstić information content (AvgIpc) is 3.76. The fraction of sp³-hybridized carbons (Fsp3) is 0.370. The number of piperazine rings is 1. The smallest absolute Gasteiger partial charge is 0.186 e. The summed E-state index contributed by atoms with van der Waals surface area (Å²) < 4.78 is 22.5. The van der Waals surface area contributed by atoms with Crippen LogP contribution in [0.1, 0.15) is 11.7 Å². The summed E-state index contributed by atoms with van der Waals surface area (Å²) in [5.41, 5.74) is 1.93. The Morgan fingerprint density at radius 2 is 1.93 bits per heavy atom. The number of hydrogen-bond donors (Lipinski definition) is 0. The summed E-state index contributed by atoms with van der Waals surface area (Å²) >= 11 is 14.4. The summed E-state index contributed by atoms with van der Waals surface area (Å²) in [6, 6.07) is 13.6. The highest BCUT2D eigenvalue weighted by molar-refractivity contribution is 7.98. The Morgan fingerprint density at radius 1 is 1.10 bits per heavy atom. The maximum absolute atomic E-state index is 6.61. The molecule has 4 heterocycles. The van der Waals surface area contributed by atoms with Gasteiger partial charge in [0.25, 0.3) is 0 Å². The minimum atomic E-state index is -0.499. The van der Waals surface area contributed by atoms with Crippen molar-refractivity contribution in [3.63, 3.8) is 0 Å². The number of rotatable bonds is 9. The van der Waals surface area contributed by atoms with Gasteiger partial charge >= 0.3 is 0 Å². The first kappa shape index (κ1) is 27.2. The van der Waals surface area contributed by atoms with Gasteiger partial charge in [-0.3, -0.25) is 0 Å². The molecule has 40 heavy (non-hydrogen) atoms. The van der Waals surface area contributed by atoms with E-state index in [1.807, 2.05) is 36.8 Å². The molecule has 0 aliphatic carbocycles. The Morgan fingerprint density at radius 3 is 2.65 bits per heavy atom. The molecule has 13 heteroatoms. The van der Waals surface area contributed by atoms with E-state index < -0.39 is 12.4 Å². The third-order valence-electron chi connectivity index (χ3n) is 6.98. The number of thioether (sulfide) groups is 1. The Labute approximate surface area is 246 Å². The molecule has 2 aliphatic heterocycles. The lowest BCUT2D eigenvalue weighted by molar-refractivity contribution is -0.0867. The van der Waals surface area contributed by atoms with E-state index in [1.165, 1.54) is 6.33 Å². The van der Waals surface area contributed by atoms with Crippen molar-refractivity contribution < 1.29 is 14.2 Å². The first-order valence-corrected chi connectivity index (χ1v) is 14.9. The molecule has 10 nitrogen and oxygen atoms in total. The van der Waals surface area contributed by atoms with Gasteiger partial charge in [-0.05, 0) is 42.7 Å². The highest BCUT2D eigenvalue weighted by Gasteiger charge is 2.36. The molecule has 2 fully saturated rings. The lowest BCUT2D eigenvalue weighted by atomic mass is 10.0. The number of nitrogens with zero attached hydrogens (tertiary/aromatic N) is 7. The zero-order valence-electron chi connectivity index (χ0n) is 21.8. The van der Waals surface area contributed by atoms with E-state index in [2.05, 4.69) is 41.8 Å². The monoisotopic (exact) mass is 601 g/mol. The third-order valence-corrected chi connectivity index (χ3v) is 8.20. The summed E-state index contributed by atoms with van der Waals surface area (Å²) in [6.07, 6.45) is 7.68. The fourth-order valence-electron chi connectivity index (χ4n) is 4.98. The Balaban J connectivity index is 1.13. The van der Waals surface area contributed by atoms with Gasteiger partial charge in [0.15, 0.2) is 17.6 Å². The molecule has 6 rings (SSSR count). The summed E-state index contributed by atoms with van der Waals surface area (Å²) in [7, 11) is 0. The molecule has 0 bridgehead atoms. The fourth-order valence-corrected chi connectivity index (χ4v) is 6.02. The van der Waals surface area contributed by atoms with Gasteiger partial charge in [0.05, 0.1) is 26.2 Å². The molecule has 0 spiro atoms. The summed E-state index contributed by atoms with van der Waals surface area (Å²) in [4.78, 5) is 10.8. The lowest BCUT2D eigenvalue weighted by Gasteiger charge is -2.38. The largest absolute Gasteiger partial charge is 0.483 e. The second-order valence-corrected chi connectivity index (χ2v) is 11.1. The number of halogens is 2. The second kappa shape index (κ2) is 12.3. The number of anilines is 1. The highest BCUT2D eigenvalue weighted by Crippen LogP contribution is 2.36. The molecule has 2 aliphatic rings. The van der Waals surface area contributed by atoms with Crippen LogP contribution in [-0.4, -0.2) is 75.9 Å². The van der Waals surface area contributed by atoms with E-state index >= 15 is 0 Å². The Bertz CT molecular complexity index is 1400. The second-order valence-electron chi connectivity index (χ2n) is 9.45. The van der Waals surface area contributed by atoms with E-state index in [9.17, 15) is 0 Å². The molecule has 210 valence electrons. The van der Waals surface area contributed by atoms with Crippen LogP contribution in [0, 0.1) is 0 Å². The molecule has 0 N–H and O–H groups in total. The molecule has 2 aromatic heterocycles. The standard InChI is InChI=1S/C27H29Cl2N7O3S/c1-40-27-31-8-9-36(27)35-12-10-33(11-13-35)20-3-5-21(6-4-20)38-26(22-7-2-19(28)14-23(22)29)24-16-37-25(39-24)15-34-18-30-17-32-34/h2-9,14,17-18,24-26H,10-13,15-16H2,1H3/t24-,25-,26?/m0/s1. The van der Waals surface area contributed by atoms with Crippen LogP contribution >= 0.6 is 35.0 Å². The number of benzene rings is 2. The van der Waals surface area contributed by atoms with Gasteiger partial charge in [-0.15, -0.1) is 0 Å². The molecule has 0 amide bonds. The van der Waals surface area contributed by atoms with Crippen molar-refractivity contribution in [3.8, 4) is 5.75 Å². The Kier molecular flexibility index (Phi) is 8.35. The molecule has 0 saturated carbocycles. The van der Waals surface area contributed by atoms with Crippen LogP contribution in [0.3, 0.4) is 0 Å². The quantitative estimate of drug-likeness (QED) is 0.257. The normalized spacial score (nSPS) is 20.2. The van der Waals surface area contributed by atoms with Crippen LogP contribution in [-0.2, 0) is 16.0 Å². The number of hydrogen-bond acceptors (Lipinski definition) is 9. The van der Waals surface area contributed by atoms with E-state index in [0.29, 0.717) is 28.9 Å². The van der Waals surface area contributed by atoms with Gasteiger partial charge in [-0.25, -0.2) is 19.3 Å². The van der Waals surface area contributed by atoms with Crippen LogP contribution in [0.15, 0.2) is 72.7 Å². The summed E-state index contributed by atoms with van der Waals surface area (Å²) in [5.74, 6) is 0.713. The van der Waals surface area contributed by atoms with Gasteiger partial charge in [-0.2, -0.15) is 5.10 Å². The maximum Gasteiger partial charge on any atom is 0.186 e. The first-order chi connectivity index (χ1) is 19.6. The molecular weight excluding hydrogens is 573 g/mol. The van der Waals surface area contributed by atoms with Gasteiger partial charge in [0.2, 0.25) is 0 Å². The number of aromatic nitrogens is 5. The van der Waals surface area contributed by atoms with Crippen LogP contribution in [0.5, 0.6) is 5.75 Å². The van der Waals surface area contributed by atoms with E-state index in [0.717, 1.165) is 42.6 Å². The molecule has 2 saturated heterocycles. The van der Waals surface area contributed by atoms with Gasteiger partial charge in [0.1, 0.15) is 24.5 Å². The molecule has 4 aromatic rings. The highest BCUT2D eigenvalue weighted by atomic mass is 35.5. The van der Waals surface area contributed by atoms with E-state index in [1.54, 1.807) is 34.9 Å². The van der Waals surface area contributed by atoms with Crippen molar-refractivity contribution in [2.24, 2.45) is 0 Å². The molecule has 1 unspecified atom stereocenters. The molecule has 3 atom stereocenters. The minimum absolute atomic E-state index is 0.348. The lowest BCUT2D eigenvalue weighted by Crippen LogP contribution is -2.51. The van der Waals surface area contributed by atoms with Crippen molar-refractivity contribution in [3.05, 3.63) is 83.1 Å². The minimum Gasteiger partial charge on any atom is -0.483 e. The topological polar surface area (TPSA) is 82.7 Å². The first-order valence-electron chi connectivity index (χ1n) is 13.0. The van der Waals surface area contributed by atoms with Crippen molar-refractivity contribution in [1.82, 2.24) is 24.4 Å². The van der Waals surface area contributed by atoms with E-state index in [-0.39, 0.29) is 6.10 Å². The Hall–Kier alpha value is -2.96. The number of ether oxygens (including phenoxy) is 3. The van der Waals surface area contributed by atoms with Crippen molar-refractivity contribution in [2.75, 3.05) is 49.0 Å². The number of imidazole rings is 1. The zero-order valence-corrected chi connectivity index (χ0v) is 24.2. The van der Waals surface area contributed by atoms with Gasteiger partial charge < -0.3 is 24.1 Å². The van der Waals surface area contributed by atoms with Crippen molar-refractivity contribution >= 4 is 40.7 Å². The summed E-state index contributed by atoms with van der Waals surface area (Å²) in [6.45, 7) is 4.42. The zero-order chi connectivity index (χ0) is 27.5. The van der Waals surface area contributed by atoms with Crippen molar-refractivity contribution in [2.45, 2.75) is 30.2 Å². The average molecular weight is 603 g/mol. The van der Waals surface area contributed by atoms with Crippen LogP contribution in [0.25, 0.3) is 0 Å². The van der Waals surface area contributed by atoms with Gasteiger partial charge in [0, 0.05) is 46.8 Å². The van der Waals surface area contributed by atoms with Crippen molar-refractivity contribution in [1.29, 1.82) is 0 Å². The van der Waals surface area contributed by atoms with Crippen LogP contribution in [0.4, 0.5) is 5.69 Å². The SMILES string of the molecule is CSc1nccn1N1CCN(c2ccc(OC(c3ccc(Cl)cc3Cl)[C@@H]3CO[C@H](Cn4cncn4)O3)cc2)CC1. The van der Waals surface area contributed by atoms with Crippen LogP contribution < -0.4 is 14.6 Å². The van der Waals surface area contributed by atoms with E-state index in [4.69, 9.17) is 37.4 Å². The third kappa shape index (κ3) is 6.03. The van der Waals surface area contributed by atoms with Crippen LogP contribution in [0.2, 0.25) is 10.0 Å². The predicted octanol–water partition coefficient (Wildman–Crippen LogP) is 4.52. The maximum atomic E-state index is 6.61. The van der Waals surface area contributed by atoms with Gasteiger partial charge in [-0.1, -0.05) is 41.0 Å². The molecular formula is C27H29Cl2N7O3S. The predicted molar refractivity (Wildman–Crippen MR) is 155 cm³/mol. The summed E-state index contributed by atoms with van der Waals surface area (Å²) in [5, 5.41) is 8.54.